The highest BCUT2D eigenvalue weighted by atomic mass is 16.5. The zero-order valence-corrected chi connectivity index (χ0v) is 19.2. The number of carbonyl (C=O) groups excluding carboxylic acids is 1. The molecule has 0 bridgehead atoms. The van der Waals surface area contributed by atoms with E-state index in [2.05, 4.69) is 15.5 Å². The predicted molar refractivity (Wildman–Crippen MR) is 127 cm³/mol. The maximum absolute atomic E-state index is 13.3. The number of nitrogens with zero attached hydrogens (tertiary/aromatic N) is 4. The van der Waals surface area contributed by atoms with Crippen LogP contribution in [0.25, 0.3) is 16.6 Å². The van der Waals surface area contributed by atoms with Crippen molar-refractivity contribution in [1.29, 1.82) is 0 Å². The van der Waals surface area contributed by atoms with Gasteiger partial charge >= 0.3 is 0 Å². The van der Waals surface area contributed by atoms with Gasteiger partial charge in [-0.2, -0.15) is 10.2 Å². The number of amides is 1. The molecule has 8 heteroatoms. The van der Waals surface area contributed by atoms with Gasteiger partial charge in [-0.3, -0.25) is 9.59 Å². The number of aromatic nitrogens is 4. The van der Waals surface area contributed by atoms with E-state index >= 15 is 0 Å². The zero-order chi connectivity index (χ0) is 23.5. The minimum absolute atomic E-state index is 0.289. The molecule has 0 fully saturated rings. The number of ether oxygens (including phenoxy) is 1. The molecular formula is C25H27N5O3. The van der Waals surface area contributed by atoms with Gasteiger partial charge in [0.2, 0.25) is 5.91 Å². The maximum atomic E-state index is 13.3. The van der Waals surface area contributed by atoms with Gasteiger partial charge < -0.3 is 10.1 Å². The number of aryl methyl sites for hydroxylation is 2. The Labute approximate surface area is 191 Å². The van der Waals surface area contributed by atoms with E-state index in [4.69, 9.17) is 4.74 Å². The number of hydrogen-bond acceptors (Lipinski definition) is 5. The molecule has 0 aliphatic heterocycles. The van der Waals surface area contributed by atoms with E-state index in [-0.39, 0.29) is 12.5 Å². The Bertz CT molecular complexity index is 1360. The molecule has 170 valence electrons. The number of nitrogens with one attached hydrogen (secondary N) is 1. The van der Waals surface area contributed by atoms with Crippen molar-refractivity contribution in [3.63, 3.8) is 0 Å². The number of carbonyl (C=O) groups is 1. The van der Waals surface area contributed by atoms with Crippen LogP contribution in [0.5, 0.6) is 5.75 Å². The van der Waals surface area contributed by atoms with Crippen LogP contribution in [0.1, 0.15) is 36.8 Å². The normalized spacial score (nSPS) is 12.0. The third-order valence-corrected chi connectivity index (χ3v) is 5.62. The average molecular weight is 446 g/mol. The van der Waals surface area contributed by atoms with Crippen LogP contribution in [0.15, 0.2) is 59.4 Å². The summed E-state index contributed by atoms with van der Waals surface area (Å²) in [6, 6.07) is 16.3. The maximum Gasteiger partial charge on any atom is 0.295 e. The minimum Gasteiger partial charge on any atom is -0.494 e. The van der Waals surface area contributed by atoms with Gasteiger partial charge in [-0.15, -0.1) is 0 Å². The summed E-state index contributed by atoms with van der Waals surface area (Å²) in [7, 11) is 0. The van der Waals surface area contributed by atoms with Crippen molar-refractivity contribution in [2.45, 2.75) is 40.3 Å². The van der Waals surface area contributed by atoms with Crippen LogP contribution in [0, 0.1) is 13.8 Å². The molecule has 0 saturated carbocycles. The fraction of sp³-hybridized carbons (Fsp3) is 0.280. The Kier molecular flexibility index (Phi) is 6.26. The molecule has 2 heterocycles. The minimum atomic E-state index is -0.804. The van der Waals surface area contributed by atoms with Crippen LogP contribution < -0.4 is 15.6 Å². The van der Waals surface area contributed by atoms with E-state index < -0.39 is 11.6 Å². The van der Waals surface area contributed by atoms with Crippen LogP contribution in [0.4, 0.5) is 0 Å². The molecule has 1 N–H and O–H groups in total. The van der Waals surface area contributed by atoms with Gasteiger partial charge in [-0.1, -0.05) is 36.4 Å². The SMILES string of the molecule is CCOc1ccccc1CNC(=O)[C@@H](C)n1nc(C)c2c(C)n(-c3ccccc3)nc2c1=O. The monoisotopic (exact) mass is 445 g/mol. The first-order chi connectivity index (χ1) is 15.9. The van der Waals surface area contributed by atoms with Crippen LogP contribution in [-0.2, 0) is 11.3 Å². The van der Waals surface area contributed by atoms with Crippen molar-refractivity contribution in [3.05, 3.63) is 81.9 Å². The Hall–Kier alpha value is -3.94. The number of fused-ring (bicyclic) bond motifs is 1. The Balaban J connectivity index is 1.63. The molecule has 1 amide bonds. The average Bonchev–Trinajstić information content (AvgIpc) is 3.19. The van der Waals surface area contributed by atoms with Crippen LogP contribution >= 0.6 is 0 Å². The van der Waals surface area contributed by atoms with E-state index in [1.54, 1.807) is 11.6 Å². The molecule has 0 unspecified atom stereocenters. The lowest BCUT2D eigenvalue weighted by Gasteiger charge is -2.16. The van der Waals surface area contributed by atoms with Crippen LogP contribution in [0.3, 0.4) is 0 Å². The molecule has 0 spiro atoms. The number of rotatable bonds is 7. The Morgan fingerprint density at radius 3 is 2.48 bits per heavy atom. The second-order valence-corrected chi connectivity index (χ2v) is 7.83. The molecule has 0 saturated heterocycles. The van der Waals surface area contributed by atoms with Crippen molar-refractivity contribution in [2.75, 3.05) is 6.61 Å². The molecule has 2 aromatic heterocycles. The second kappa shape index (κ2) is 9.28. The predicted octanol–water partition coefficient (Wildman–Crippen LogP) is 3.48. The molecule has 33 heavy (non-hydrogen) atoms. The van der Waals surface area contributed by atoms with E-state index in [0.29, 0.717) is 23.2 Å². The number of hydrogen-bond donors (Lipinski definition) is 1. The van der Waals surface area contributed by atoms with Crippen molar-refractivity contribution in [2.24, 2.45) is 0 Å². The molecule has 4 rings (SSSR count). The summed E-state index contributed by atoms with van der Waals surface area (Å²) in [5, 5.41) is 12.6. The smallest absolute Gasteiger partial charge is 0.295 e. The van der Waals surface area contributed by atoms with Gasteiger partial charge in [0.1, 0.15) is 11.8 Å². The first-order valence-electron chi connectivity index (χ1n) is 10.9. The molecule has 1 atom stereocenters. The number of para-hydroxylation sites is 2. The molecule has 2 aromatic carbocycles. The Morgan fingerprint density at radius 2 is 1.76 bits per heavy atom. The molecule has 4 aromatic rings. The summed E-state index contributed by atoms with van der Waals surface area (Å²) in [6.07, 6.45) is 0. The van der Waals surface area contributed by atoms with Crippen molar-refractivity contribution in [1.82, 2.24) is 24.9 Å². The van der Waals surface area contributed by atoms with E-state index in [1.807, 2.05) is 75.4 Å². The van der Waals surface area contributed by atoms with Crippen LogP contribution in [-0.4, -0.2) is 32.1 Å². The van der Waals surface area contributed by atoms with Crippen LogP contribution in [0.2, 0.25) is 0 Å². The lowest BCUT2D eigenvalue weighted by Crippen LogP contribution is -2.37. The van der Waals surface area contributed by atoms with Gasteiger partial charge in [0.25, 0.3) is 5.56 Å². The first-order valence-corrected chi connectivity index (χ1v) is 10.9. The zero-order valence-electron chi connectivity index (χ0n) is 19.2. The van der Waals surface area contributed by atoms with Gasteiger partial charge in [-0.25, -0.2) is 9.36 Å². The molecule has 0 aliphatic carbocycles. The largest absolute Gasteiger partial charge is 0.494 e. The topological polar surface area (TPSA) is 91.0 Å². The van der Waals surface area contributed by atoms with Crippen molar-refractivity contribution < 1.29 is 9.53 Å². The molecular weight excluding hydrogens is 418 g/mol. The van der Waals surface area contributed by atoms with Gasteiger partial charge in [0, 0.05) is 12.1 Å². The highest BCUT2D eigenvalue weighted by molar-refractivity contribution is 5.84. The van der Waals surface area contributed by atoms with Gasteiger partial charge in [0.05, 0.1) is 29.1 Å². The molecule has 0 radical (unpaired) electrons. The third kappa shape index (κ3) is 4.24. The summed E-state index contributed by atoms with van der Waals surface area (Å²) < 4.78 is 8.57. The summed E-state index contributed by atoms with van der Waals surface area (Å²) >= 11 is 0. The first kappa shape index (κ1) is 22.3. The van der Waals surface area contributed by atoms with E-state index in [0.717, 1.165) is 22.7 Å². The summed E-state index contributed by atoms with van der Waals surface area (Å²) in [6.45, 7) is 8.13. The lowest BCUT2D eigenvalue weighted by molar-refractivity contribution is -0.124. The highest BCUT2D eigenvalue weighted by Crippen LogP contribution is 2.22. The lowest BCUT2D eigenvalue weighted by atomic mass is 10.2. The standard InChI is InChI=1S/C25H27N5O3/c1-5-33-21-14-10-9-11-19(21)15-26-24(31)18(4)30-25(32)23-22(16(2)27-30)17(3)29(28-23)20-12-7-6-8-13-20/h6-14,18H,5,15H2,1-4H3,(H,26,31)/t18-/m1/s1. The van der Waals surface area contributed by atoms with Gasteiger partial charge in [-0.05, 0) is 45.9 Å². The summed E-state index contributed by atoms with van der Waals surface area (Å²) in [5.41, 5.74) is 3.09. The fourth-order valence-electron chi connectivity index (χ4n) is 3.92. The summed E-state index contributed by atoms with van der Waals surface area (Å²) in [5.74, 6) is 0.413. The highest BCUT2D eigenvalue weighted by Gasteiger charge is 2.23. The third-order valence-electron chi connectivity index (χ3n) is 5.62. The fourth-order valence-corrected chi connectivity index (χ4v) is 3.92. The molecule has 8 nitrogen and oxygen atoms in total. The van der Waals surface area contributed by atoms with E-state index in [1.165, 1.54) is 4.68 Å². The van der Waals surface area contributed by atoms with Gasteiger partial charge in [0.15, 0.2) is 5.52 Å². The molecule has 0 aliphatic rings. The van der Waals surface area contributed by atoms with Crippen molar-refractivity contribution >= 4 is 16.8 Å². The van der Waals surface area contributed by atoms with Crippen molar-refractivity contribution in [3.8, 4) is 11.4 Å². The second-order valence-electron chi connectivity index (χ2n) is 7.83. The quantitative estimate of drug-likeness (QED) is 0.470. The van der Waals surface area contributed by atoms with E-state index in [9.17, 15) is 9.59 Å². The Morgan fingerprint density at radius 1 is 1.06 bits per heavy atom. The number of benzene rings is 2. The summed E-state index contributed by atoms with van der Waals surface area (Å²) in [4.78, 5) is 26.2.